The van der Waals surface area contributed by atoms with Gasteiger partial charge in [0.05, 0.1) is 22.7 Å². The zero-order valence-corrected chi connectivity index (χ0v) is 16.2. The molecule has 0 bridgehead atoms. The summed E-state index contributed by atoms with van der Waals surface area (Å²) in [5, 5.41) is 6.78. The molecule has 130 valence electrons. The molecule has 0 aliphatic rings. The second-order valence-electron chi connectivity index (χ2n) is 6.27. The number of hydrogen-bond donors (Lipinski definition) is 2. The van der Waals surface area contributed by atoms with Crippen molar-refractivity contribution in [1.29, 1.82) is 0 Å². The molecule has 2 aromatic rings. The standard InChI is InChI=1S/C17H21Cl2N3OS/c1-10(2)17(3,9-20)22-15(23)7-12-8-24-16(21-12)13-5-4-11(18)6-14(13)19/h4-6,8,10H,7,9,20H2,1-3H3,(H,22,23). The van der Waals surface area contributed by atoms with Crippen molar-refractivity contribution in [3.8, 4) is 10.6 Å². The van der Waals surface area contributed by atoms with E-state index in [2.05, 4.69) is 10.3 Å². The van der Waals surface area contributed by atoms with Gasteiger partial charge in [0.25, 0.3) is 0 Å². The van der Waals surface area contributed by atoms with Gasteiger partial charge in [-0.25, -0.2) is 4.98 Å². The Kier molecular flexibility index (Phi) is 6.26. The highest BCUT2D eigenvalue weighted by Gasteiger charge is 2.28. The van der Waals surface area contributed by atoms with Crippen molar-refractivity contribution in [2.24, 2.45) is 11.7 Å². The number of thiazole rings is 1. The van der Waals surface area contributed by atoms with E-state index in [0.717, 1.165) is 10.6 Å². The monoisotopic (exact) mass is 385 g/mol. The molecule has 0 spiro atoms. The molecule has 0 radical (unpaired) electrons. The van der Waals surface area contributed by atoms with Gasteiger partial charge in [-0.1, -0.05) is 37.0 Å². The summed E-state index contributed by atoms with van der Waals surface area (Å²) in [5.74, 6) is 0.154. The van der Waals surface area contributed by atoms with Crippen molar-refractivity contribution in [1.82, 2.24) is 10.3 Å². The fourth-order valence-corrected chi connectivity index (χ4v) is 3.55. The zero-order chi connectivity index (χ0) is 17.9. The van der Waals surface area contributed by atoms with Crippen LogP contribution in [0.2, 0.25) is 10.0 Å². The molecule has 1 heterocycles. The molecule has 7 heteroatoms. The summed E-state index contributed by atoms with van der Waals surface area (Å²) in [5.41, 5.74) is 6.91. The van der Waals surface area contributed by atoms with Gasteiger partial charge in [-0.2, -0.15) is 0 Å². The summed E-state index contributed by atoms with van der Waals surface area (Å²) >= 11 is 13.6. The minimum Gasteiger partial charge on any atom is -0.349 e. The molecule has 1 amide bonds. The van der Waals surface area contributed by atoms with Gasteiger partial charge in [-0.05, 0) is 31.0 Å². The largest absolute Gasteiger partial charge is 0.349 e. The number of carbonyl (C=O) groups excluding carboxylic acids is 1. The molecule has 24 heavy (non-hydrogen) atoms. The van der Waals surface area contributed by atoms with Crippen molar-refractivity contribution in [2.45, 2.75) is 32.7 Å². The van der Waals surface area contributed by atoms with E-state index in [1.165, 1.54) is 11.3 Å². The normalized spacial score (nSPS) is 13.8. The maximum Gasteiger partial charge on any atom is 0.226 e. The minimum atomic E-state index is -0.421. The van der Waals surface area contributed by atoms with E-state index in [4.69, 9.17) is 28.9 Å². The van der Waals surface area contributed by atoms with E-state index in [9.17, 15) is 4.79 Å². The fraction of sp³-hybridized carbons (Fsp3) is 0.412. The lowest BCUT2D eigenvalue weighted by molar-refractivity contribution is -0.122. The highest BCUT2D eigenvalue weighted by molar-refractivity contribution is 7.13. The van der Waals surface area contributed by atoms with Gasteiger partial charge in [0.2, 0.25) is 5.91 Å². The molecule has 4 nitrogen and oxygen atoms in total. The number of nitrogens with zero attached hydrogens (tertiary/aromatic N) is 1. The van der Waals surface area contributed by atoms with E-state index < -0.39 is 5.54 Å². The van der Waals surface area contributed by atoms with Gasteiger partial charge in [-0.15, -0.1) is 11.3 Å². The topological polar surface area (TPSA) is 68.0 Å². The molecule has 2 rings (SSSR count). The van der Waals surface area contributed by atoms with Crippen molar-refractivity contribution in [3.05, 3.63) is 39.3 Å². The Bertz CT molecular complexity index is 732. The number of halogens is 2. The Balaban J connectivity index is 2.10. The number of nitrogens with one attached hydrogen (secondary N) is 1. The van der Waals surface area contributed by atoms with Crippen LogP contribution in [0, 0.1) is 5.92 Å². The van der Waals surface area contributed by atoms with Crippen LogP contribution in [0.5, 0.6) is 0 Å². The van der Waals surface area contributed by atoms with Crippen LogP contribution in [-0.2, 0) is 11.2 Å². The lowest BCUT2D eigenvalue weighted by Crippen LogP contribution is -2.55. The van der Waals surface area contributed by atoms with Crippen molar-refractivity contribution < 1.29 is 4.79 Å². The fourth-order valence-electron chi connectivity index (χ4n) is 2.13. The molecule has 1 aromatic heterocycles. The third-order valence-electron chi connectivity index (χ3n) is 4.18. The third-order valence-corrected chi connectivity index (χ3v) is 5.65. The van der Waals surface area contributed by atoms with Crippen LogP contribution in [0.1, 0.15) is 26.5 Å². The first kappa shape index (κ1) is 19.2. The van der Waals surface area contributed by atoms with Crippen LogP contribution in [0.25, 0.3) is 10.6 Å². The summed E-state index contributed by atoms with van der Waals surface area (Å²) in [6.07, 6.45) is 0.212. The Hall–Kier alpha value is -1.14. The molecule has 1 atom stereocenters. The molecule has 0 saturated heterocycles. The Morgan fingerprint density at radius 3 is 2.71 bits per heavy atom. The number of carbonyl (C=O) groups is 1. The van der Waals surface area contributed by atoms with Crippen molar-refractivity contribution in [3.63, 3.8) is 0 Å². The van der Waals surface area contributed by atoms with Crippen LogP contribution in [-0.4, -0.2) is 23.0 Å². The average Bonchev–Trinajstić information content (AvgIpc) is 2.94. The van der Waals surface area contributed by atoms with E-state index in [1.54, 1.807) is 12.1 Å². The Morgan fingerprint density at radius 2 is 2.12 bits per heavy atom. The van der Waals surface area contributed by atoms with Crippen LogP contribution in [0.3, 0.4) is 0 Å². The number of benzene rings is 1. The first-order valence-corrected chi connectivity index (χ1v) is 9.29. The van der Waals surface area contributed by atoms with Crippen LogP contribution >= 0.6 is 34.5 Å². The summed E-state index contributed by atoms with van der Waals surface area (Å²) in [4.78, 5) is 16.8. The number of nitrogens with two attached hydrogens (primary N) is 1. The second kappa shape index (κ2) is 7.83. The predicted octanol–water partition coefficient (Wildman–Crippen LogP) is 4.15. The van der Waals surface area contributed by atoms with Crippen LogP contribution in [0.15, 0.2) is 23.6 Å². The molecule has 1 unspecified atom stereocenters. The predicted molar refractivity (Wildman–Crippen MR) is 102 cm³/mol. The third kappa shape index (κ3) is 4.48. The summed E-state index contributed by atoms with van der Waals surface area (Å²) in [6.45, 7) is 6.42. The molecule has 0 saturated carbocycles. The lowest BCUT2D eigenvalue weighted by atomic mass is 9.88. The molecular weight excluding hydrogens is 365 g/mol. The average molecular weight is 386 g/mol. The first-order chi connectivity index (χ1) is 11.2. The van der Waals surface area contributed by atoms with E-state index in [-0.39, 0.29) is 18.2 Å². The SMILES string of the molecule is CC(C)C(C)(CN)NC(=O)Cc1csc(-c2ccc(Cl)cc2Cl)n1. The number of aromatic nitrogens is 1. The molecular formula is C17H21Cl2N3OS. The Morgan fingerprint density at radius 1 is 1.42 bits per heavy atom. The molecule has 0 aliphatic carbocycles. The van der Waals surface area contributed by atoms with E-state index in [0.29, 0.717) is 22.3 Å². The molecule has 1 aromatic carbocycles. The summed E-state index contributed by atoms with van der Waals surface area (Å²) in [7, 11) is 0. The lowest BCUT2D eigenvalue weighted by Gasteiger charge is -2.33. The molecule has 3 N–H and O–H groups in total. The summed E-state index contributed by atoms with van der Waals surface area (Å²) in [6, 6.07) is 5.28. The van der Waals surface area contributed by atoms with Gasteiger partial charge in [0.15, 0.2) is 0 Å². The van der Waals surface area contributed by atoms with E-state index in [1.807, 2.05) is 32.2 Å². The smallest absolute Gasteiger partial charge is 0.226 e. The maximum absolute atomic E-state index is 12.3. The van der Waals surface area contributed by atoms with Crippen LogP contribution in [0.4, 0.5) is 0 Å². The highest BCUT2D eigenvalue weighted by atomic mass is 35.5. The Labute approximate surface area is 156 Å². The van der Waals surface area contributed by atoms with E-state index >= 15 is 0 Å². The number of hydrogen-bond acceptors (Lipinski definition) is 4. The second-order valence-corrected chi connectivity index (χ2v) is 7.97. The number of rotatable bonds is 6. The maximum atomic E-state index is 12.3. The van der Waals surface area contributed by atoms with Gasteiger partial charge >= 0.3 is 0 Å². The van der Waals surface area contributed by atoms with Crippen molar-refractivity contribution in [2.75, 3.05) is 6.54 Å². The van der Waals surface area contributed by atoms with Crippen molar-refractivity contribution >= 4 is 40.4 Å². The number of amides is 1. The van der Waals surface area contributed by atoms with Gasteiger partial charge in [0.1, 0.15) is 5.01 Å². The minimum absolute atomic E-state index is 0.0873. The van der Waals surface area contributed by atoms with Gasteiger partial charge in [0, 0.05) is 22.5 Å². The molecule has 0 fully saturated rings. The first-order valence-electron chi connectivity index (χ1n) is 7.66. The quantitative estimate of drug-likeness (QED) is 0.784. The van der Waals surface area contributed by atoms with Crippen LogP contribution < -0.4 is 11.1 Å². The van der Waals surface area contributed by atoms with Gasteiger partial charge < -0.3 is 11.1 Å². The summed E-state index contributed by atoms with van der Waals surface area (Å²) < 4.78 is 0. The highest BCUT2D eigenvalue weighted by Crippen LogP contribution is 2.32. The zero-order valence-electron chi connectivity index (χ0n) is 13.9. The molecule has 0 aliphatic heterocycles. The van der Waals surface area contributed by atoms with Gasteiger partial charge in [-0.3, -0.25) is 4.79 Å².